The van der Waals surface area contributed by atoms with Gasteiger partial charge in [0.2, 0.25) is 11.8 Å². The molecule has 0 saturated carbocycles. The number of carbonyl (C=O) groups excluding carboxylic acids is 2. The molecule has 1 N–H and O–H groups in total. The molecule has 0 bridgehead atoms. The van der Waals surface area contributed by atoms with Gasteiger partial charge < -0.3 is 10.2 Å². The number of hydrogen-bond donors (Lipinski definition) is 1. The first-order valence-corrected chi connectivity index (χ1v) is 8.93. The molecular formula is C19H24F3N3O2. The number of halogens is 3. The Hall–Kier alpha value is -2.35. The molecule has 1 saturated heterocycles. The van der Waals surface area contributed by atoms with Crippen LogP contribution in [0.25, 0.3) is 6.08 Å². The summed E-state index contributed by atoms with van der Waals surface area (Å²) in [4.78, 5) is 27.6. The molecule has 148 valence electrons. The molecule has 5 nitrogen and oxygen atoms in total. The van der Waals surface area contributed by atoms with Gasteiger partial charge in [-0.15, -0.1) is 0 Å². The van der Waals surface area contributed by atoms with Crippen LogP contribution in [-0.2, 0) is 15.8 Å². The monoisotopic (exact) mass is 383 g/mol. The highest BCUT2D eigenvalue weighted by Crippen LogP contribution is 2.29. The van der Waals surface area contributed by atoms with Gasteiger partial charge in [0, 0.05) is 38.8 Å². The van der Waals surface area contributed by atoms with E-state index in [4.69, 9.17) is 0 Å². The minimum atomic E-state index is -4.37. The van der Waals surface area contributed by atoms with E-state index in [2.05, 4.69) is 5.32 Å². The van der Waals surface area contributed by atoms with Crippen LogP contribution in [0, 0.1) is 0 Å². The summed E-state index contributed by atoms with van der Waals surface area (Å²) in [5.41, 5.74) is -0.187. The van der Waals surface area contributed by atoms with Gasteiger partial charge in [-0.1, -0.05) is 19.1 Å². The van der Waals surface area contributed by atoms with Gasteiger partial charge in [0.15, 0.2) is 0 Å². The Balaban J connectivity index is 1.80. The summed E-state index contributed by atoms with van der Waals surface area (Å²) < 4.78 is 37.6. The minimum absolute atomic E-state index is 0.0150. The maximum absolute atomic E-state index is 12.5. The van der Waals surface area contributed by atoms with Gasteiger partial charge in [0.05, 0.1) is 12.1 Å². The van der Waals surface area contributed by atoms with Gasteiger partial charge in [-0.05, 0) is 30.2 Å². The van der Waals surface area contributed by atoms with E-state index >= 15 is 0 Å². The quantitative estimate of drug-likeness (QED) is 0.768. The molecule has 0 aliphatic carbocycles. The number of rotatable bonds is 6. The second kappa shape index (κ2) is 9.55. The van der Waals surface area contributed by atoms with Crippen molar-refractivity contribution in [3.63, 3.8) is 0 Å². The number of amides is 2. The molecule has 1 heterocycles. The molecule has 0 aromatic heterocycles. The molecule has 1 aliphatic rings. The van der Waals surface area contributed by atoms with E-state index < -0.39 is 11.7 Å². The highest BCUT2D eigenvalue weighted by molar-refractivity contribution is 5.91. The molecule has 1 fully saturated rings. The molecule has 2 amide bonds. The van der Waals surface area contributed by atoms with Crippen LogP contribution < -0.4 is 5.32 Å². The Morgan fingerprint density at radius 2 is 1.74 bits per heavy atom. The molecule has 0 atom stereocenters. The summed E-state index contributed by atoms with van der Waals surface area (Å²) in [5.74, 6) is -0.205. The molecule has 8 heteroatoms. The molecule has 0 spiro atoms. The van der Waals surface area contributed by atoms with E-state index in [0.29, 0.717) is 44.8 Å². The summed E-state index contributed by atoms with van der Waals surface area (Å²) in [6.07, 6.45) is -0.607. The summed E-state index contributed by atoms with van der Waals surface area (Å²) in [7, 11) is 0. The van der Waals surface area contributed by atoms with Crippen molar-refractivity contribution in [3.05, 3.63) is 41.5 Å². The largest absolute Gasteiger partial charge is 0.416 e. The number of nitrogens with zero attached hydrogens (tertiary/aromatic N) is 2. The van der Waals surface area contributed by atoms with Gasteiger partial charge in [-0.25, -0.2) is 0 Å². The summed E-state index contributed by atoms with van der Waals surface area (Å²) in [6, 6.07) is 4.65. The van der Waals surface area contributed by atoms with E-state index in [0.717, 1.165) is 18.6 Å². The van der Waals surface area contributed by atoms with Crippen LogP contribution in [0.1, 0.15) is 24.5 Å². The number of hydrogen-bond acceptors (Lipinski definition) is 3. The Morgan fingerprint density at radius 1 is 1.11 bits per heavy atom. The first kappa shape index (κ1) is 21.0. The fourth-order valence-corrected chi connectivity index (χ4v) is 2.71. The normalized spacial score (nSPS) is 15.9. The van der Waals surface area contributed by atoms with Crippen LogP contribution in [-0.4, -0.2) is 60.9 Å². The van der Waals surface area contributed by atoms with E-state index in [1.54, 1.807) is 4.90 Å². The Labute approximate surface area is 156 Å². The summed E-state index contributed by atoms with van der Waals surface area (Å²) >= 11 is 0. The van der Waals surface area contributed by atoms with Crippen molar-refractivity contribution in [2.75, 3.05) is 39.3 Å². The zero-order valence-corrected chi connectivity index (χ0v) is 15.3. The van der Waals surface area contributed by atoms with E-state index in [-0.39, 0.29) is 11.8 Å². The van der Waals surface area contributed by atoms with Crippen LogP contribution in [0.2, 0.25) is 0 Å². The number of carbonyl (C=O) groups is 2. The Morgan fingerprint density at radius 3 is 2.30 bits per heavy atom. The lowest BCUT2D eigenvalue weighted by molar-refractivity contribution is -0.137. The average molecular weight is 383 g/mol. The smallest absolute Gasteiger partial charge is 0.355 e. The van der Waals surface area contributed by atoms with Gasteiger partial charge in [-0.2, -0.15) is 13.2 Å². The minimum Gasteiger partial charge on any atom is -0.355 e. The van der Waals surface area contributed by atoms with E-state index in [1.165, 1.54) is 24.3 Å². The lowest BCUT2D eigenvalue weighted by atomic mass is 10.1. The third-order valence-electron chi connectivity index (χ3n) is 4.28. The second-order valence-electron chi connectivity index (χ2n) is 6.40. The number of nitrogens with one attached hydrogen (secondary N) is 1. The van der Waals surface area contributed by atoms with Gasteiger partial charge >= 0.3 is 6.18 Å². The molecule has 1 aliphatic heterocycles. The van der Waals surface area contributed by atoms with Gasteiger partial charge in [-0.3, -0.25) is 14.5 Å². The van der Waals surface area contributed by atoms with Crippen molar-refractivity contribution in [2.45, 2.75) is 19.5 Å². The van der Waals surface area contributed by atoms with Crippen molar-refractivity contribution >= 4 is 17.9 Å². The molecule has 2 rings (SSSR count). The fourth-order valence-electron chi connectivity index (χ4n) is 2.71. The van der Waals surface area contributed by atoms with Crippen molar-refractivity contribution in [3.8, 4) is 0 Å². The van der Waals surface area contributed by atoms with Crippen LogP contribution in [0.3, 0.4) is 0 Å². The van der Waals surface area contributed by atoms with Gasteiger partial charge in [0.25, 0.3) is 0 Å². The van der Waals surface area contributed by atoms with Crippen molar-refractivity contribution in [1.82, 2.24) is 15.1 Å². The highest BCUT2D eigenvalue weighted by Gasteiger charge is 2.29. The maximum atomic E-state index is 12.5. The predicted molar refractivity (Wildman–Crippen MR) is 96.8 cm³/mol. The van der Waals surface area contributed by atoms with Crippen molar-refractivity contribution in [2.24, 2.45) is 0 Å². The topological polar surface area (TPSA) is 52.7 Å². The Bertz CT molecular complexity index is 664. The third-order valence-corrected chi connectivity index (χ3v) is 4.28. The lowest BCUT2D eigenvalue weighted by Gasteiger charge is -2.33. The van der Waals surface area contributed by atoms with Crippen LogP contribution >= 0.6 is 0 Å². The molecular weight excluding hydrogens is 359 g/mol. The number of piperazine rings is 1. The lowest BCUT2D eigenvalue weighted by Crippen LogP contribution is -2.50. The Kier molecular flexibility index (Phi) is 7.41. The van der Waals surface area contributed by atoms with Gasteiger partial charge in [0.1, 0.15) is 0 Å². The second-order valence-corrected chi connectivity index (χ2v) is 6.40. The zero-order valence-electron chi connectivity index (χ0n) is 15.3. The first-order chi connectivity index (χ1) is 12.8. The van der Waals surface area contributed by atoms with Crippen LogP contribution in [0.4, 0.5) is 13.2 Å². The number of benzene rings is 1. The third kappa shape index (κ3) is 6.71. The SMILES string of the molecule is CCCNC(=O)CN1CCN(C(=O)/C=C/c2ccc(C(F)(F)F)cc2)CC1. The first-order valence-electron chi connectivity index (χ1n) is 8.93. The standard InChI is InChI=1S/C19H24F3N3O2/c1-2-9-23-17(26)14-24-10-12-25(13-11-24)18(27)8-5-15-3-6-16(7-4-15)19(20,21)22/h3-8H,2,9-14H2,1H3,(H,23,26)/b8-5+. The zero-order chi connectivity index (χ0) is 19.9. The van der Waals surface area contributed by atoms with Crippen molar-refractivity contribution in [1.29, 1.82) is 0 Å². The summed E-state index contributed by atoms with van der Waals surface area (Å²) in [5, 5.41) is 2.82. The molecule has 27 heavy (non-hydrogen) atoms. The van der Waals surface area contributed by atoms with E-state index in [9.17, 15) is 22.8 Å². The molecule has 0 unspecified atom stereocenters. The molecule has 0 radical (unpaired) electrons. The molecule has 1 aromatic rings. The fraction of sp³-hybridized carbons (Fsp3) is 0.474. The molecule has 1 aromatic carbocycles. The van der Waals surface area contributed by atoms with E-state index in [1.807, 2.05) is 11.8 Å². The van der Waals surface area contributed by atoms with Crippen molar-refractivity contribution < 1.29 is 22.8 Å². The highest BCUT2D eigenvalue weighted by atomic mass is 19.4. The van der Waals surface area contributed by atoms with Crippen LogP contribution in [0.5, 0.6) is 0 Å². The number of alkyl halides is 3. The summed E-state index contributed by atoms with van der Waals surface area (Å²) in [6.45, 7) is 5.21. The predicted octanol–water partition coefficient (Wildman–Crippen LogP) is 2.39. The van der Waals surface area contributed by atoms with Crippen LogP contribution in [0.15, 0.2) is 30.3 Å². The maximum Gasteiger partial charge on any atom is 0.416 e. The average Bonchev–Trinajstić information content (AvgIpc) is 2.64.